The minimum atomic E-state index is 0.0494. The third kappa shape index (κ3) is 2.84. The Labute approximate surface area is 86.5 Å². The van der Waals surface area contributed by atoms with Gasteiger partial charge in [0.2, 0.25) is 5.91 Å². The number of rotatable bonds is 3. The van der Waals surface area contributed by atoms with Crippen molar-refractivity contribution in [3.8, 4) is 0 Å². The Morgan fingerprint density at radius 3 is 2.77 bits per heavy atom. The maximum Gasteiger partial charge on any atom is 0.224 e. The number of hydrogen-bond acceptors (Lipinski definition) is 1. The number of carbonyl (C=O) groups excluding carboxylic acids is 1. The molecule has 3 heteroatoms. The quantitative estimate of drug-likeness (QED) is 0.811. The highest BCUT2D eigenvalue weighted by Gasteiger charge is 2.02. The van der Waals surface area contributed by atoms with Crippen molar-refractivity contribution in [2.24, 2.45) is 0 Å². The van der Waals surface area contributed by atoms with Crippen LogP contribution in [0.15, 0.2) is 24.3 Å². The van der Waals surface area contributed by atoms with Crippen molar-refractivity contribution in [3.63, 3.8) is 0 Å². The molecule has 1 amide bonds. The van der Waals surface area contributed by atoms with E-state index in [0.29, 0.717) is 6.42 Å². The number of anilines is 1. The van der Waals surface area contributed by atoms with Crippen LogP contribution in [0.3, 0.4) is 0 Å². The van der Waals surface area contributed by atoms with Crippen LogP contribution in [-0.2, 0) is 10.1 Å². The maximum absolute atomic E-state index is 11.1. The molecule has 0 bridgehead atoms. The molecule has 1 rings (SSSR count). The van der Waals surface area contributed by atoms with Crippen LogP contribution >= 0.6 is 15.9 Å². The first-order chi connectivity index (χ1) is 6.27. The number of alkyl halides is 1. The van der Waals surface area contributed by atoms with Crippen LogP contribution < -0.4 is 5.32 Å². The lowest BCUT2D eigenvalue weighted by molar-refractivity contribution is -0.115. The van der Waals surface area contributed by atoms with Crippen LogP contribution in [0.2, 0.25) is 0 Å². The van der Waals surface area contributed by atoms with E-state index < -0.39 is 0 Å². The fraction of sp³-hybridized carbons (Fsp3) is 0.300. The van der Waals surface area contributed by atoms with E-state index in [4.69, 9.17) is 0 Å². The molecule has 0 aliphatic heterocycles. The van der Waals surface area contributed by atoms with Gasteiger partial charge in [0.05, 0.1) is 0 Å². The third-order valence-electron chi connectivity index (χ3n) is 1.76. The highest BCUT2D eigenvalue weighted by atomic mass is 79.9. The fourth-order valence-electron chi connectivity index (χ4n) is 0.997. The van der Waals surface area contributed by atoms with E-state index >= 15 is 0 Å². The van der Waals surface area contributed by atoms with Gasteiger partial charge in [-0.15, -0.1) is 0 Å². The summed E-state index contributed by atoms with van der Waals surface area (Å²) in [6, 6.07) is 7.76. The van der Waals surface area contributed by atoms with Gasteiger partial charge in [-0.25, -0.2) is 0 Å². The second kappa shape index (κ2) is 5.02. The number of halogens is 1. The van der Waals surface area contributed by atoms with Crippen molar-refractivity contribution >= 4 is 27.5 Å². The van der Waals surface area contributed by atoms with E-state index in [1.54, 1.807) is 0 Å². The summed E-state index contributed by atoms with van der Waals surface area (Å²) in [6.45, 7) is 1.84. The normalized spacial score (nSPS) is 9.69. The average Bonchev–Trinajstić information content (AvgIpc) is 2.18. The van der Waals surface area contributed by atoms with Crippen LogP contribution in [0.4, 0.5) is 5.69 Å². The minimum Gasteiger partial charge on any atom is -0.326 e. The lowest BCUT2D eigenvalue weighted by Crippen LogP contribution is -2.10. The van der Waals surface area contributed by atoms with Crippen molar-refractivity contribution in [1.29, 1.82) is 0 Å². The molecule has 0 aliphatic carbocycles. The summed E-state index contributed by atoms with van der Waals surface area (Å²) in [4.78, 5) is 11.1. The predicted molar refractivity (Wildman–Crippen MR) is 58.0 cm³/mol. The largest absolute Gasteiger partial charge is 0.326 e. The summed E-state index contributed by atoms with van der Waals surface area (Å²) in [5.74, 6) is 0.0494. The Bertz CT molecular complexity index is 299. The SMILES string of the molecule is CCC(=O)Nc1ccccc1CBr. The molecular weight excluding hydrogens is 230 g/mol. The average molecular weight is 242 g/mol. The lowest BCUT2D eigenvalue weighted by atomic mass is 10.2. The van der Waals surface area contributed by atoms with Gasteiger partial charge in [0.15, 0.2) is 0 Å². The molecule has 0 aliphatic rings. The summed E-state index contributed by atoms with van der Waals surface area (Å²) in [5.41, 5.74) is 2.00. The molecule has 1 N–H and O–H groups in total. The number of carbonyl (C=O) groups is 1. The Hall–Kier alpha value is -0.830. The molecular formula is C10H12BrNO. The Balaban J connectivity index is 2.81. The molecule has 0 saturated carbocycles. The zero-order valence-corrected chi connectivity index (χ0v) is 9.10. The summed E-state index contributed by atoms with van der Waals surface area (Å²) >= 11 is 3.37. The van der Waals surface area contributed by atoms with E-state index in [1.807, 2.05) is 31.2 Å². The van der Waals surface area contributed by atoms with Gasteiger partial charge >= 0.3 is 0 Å². The number of amides is 1. The van der Waals surface area contributed by atoms with Crippen LogP contribution in [0.5, 0.6) is 0 Å². The van der Waals surface area contributed by atoms with Crippen LogP contribution in [0.25, 0.3) is 0 Å². The van der Waals surface area contributed by atoms with Crippen molar-refractivity contribution in [2.75, 3.05) is 5.32 Å². The molecule has 0 saturated heterocycles. The molecule has 1 aromatic carbocycles. The van der Waals surface area contributed by atoms with E-state index in [0.717, 1.165) is 16.6 Å². The van der Waals surface area contributed by atoms with Gasteiger partial charge in [0, 0.05) is 17.4 Å². The van der Waals surface area contributed by atoms with Gasteiger partial charge in [-0.1, -0.05) is 41.1 Å². The van der Waals surface area contributed by atoms with Crippen molar-refractivity contribution < 1.29 is 4.79 Å². The first-order valence-corrected chi connectivity index (χ1v) is 5.33. The van der Waals surface area contributed by atoms with Gasteiger partial charge in [-0.3, -0.25) is 4.79 Å². The van der Waals surface area contributed by atoms with Crippen LogP contribution in [0, 0.1) is 0 Å². The standard InChI is InChI=1S/C10H12BrNO/c1-2-10(13)12-9-6-4-3-5-8(9)7-11/h3-6H,2,7H2,1H3,(H,12,13). The number of benzene rings is 1. The summed E-state index contributed by atoms with van der Waals surface area (Å²) < 4.78 is 0. The zero-order valence-electron chi connectivity index (χ0n) is 7.51. The summed E-state index contributed by atoms with van der Waals surface area (Å²) in [6.07, 6.45) is 0.511. The topological polar surface area (TPSA) is 29.1 Å². The van der Waals surface area contributed by atoms with Gasteiger partial charge in [0.25, 0.3) is 0 Å². The number of hydrogen-bond donors (Lipinski definition) is 1. The van der Waals surface area contributed by atoms with E-state index in [1.165, 1.54) is 0 Å². The van der Waals surface area contributed by atoms with Gasteiger partial charge in [0.1, 0.15) is 0 Å². The van der Waals surface area contributed by atoms with Crippen LogP contribution in [-0.4, -0.2) is 5.91 Å². The zero-order chi connectivity index (χ0) is 9.68. The van der Waals surface area contributed by atoms with Gasteiger partial charge in [-0.2, -0.15) is 0 Å². The van der Waals surface area contributed by atoms with Crippen molar-refractivity contribution in [3.05, 3.63) is 29.8 Å². The molecule has 0 spiro atoms. The maximum atomic E-state index is 11.1. The van der Waals surface area contributed by atoms with Crippen LogP contribution in [0.1, 0.15) is 18.9 Å². The minimum absolute atomic E-state index is 0.0494. The van der Waals surface area contributed by atoms with E-state index in [9.17, 15) is 4.79 Å². The molecule has 0 unspecified atom stereocenters. The van der Waals surface area contributed by atoms with Gasteiger partial charge in [-0.05, 0) is 11.6 Å². The molecule has 70 valence electrons. The summed E-state index contributed by atoms with van der Waals surface area (Å²) in [7, 11) is 0. The molecule has 0 heterocycles. The molecule has 0 atom stereocenters. The first-order valence-electron chi connectivity index (χ1n) is 4.21. The molecule has 0 aromatic heterocycles. The molecule has 13 heavy (non-hydrogen) atoms. The Morgan fingerprint density at radius 1 is 1.46 bits per heavy atom. The first kappa shape index (κ1) is 10.3. The van der Waals surface area contributed by atoms with E-state index in [2.05, 4.69) is 21.2 Å². The van der Waals surface area contributed by atoms with E-state index in [-0.39, 0.29) is 5.91 Å². The Morgan fingerprint density at radius 2 is 2.15 bits per heavy atom. The highest BCUT2D eigenvalue weighted by molar-refractivity contribution is 9.08. The second-order valence-electron chi connectivity index (χ2n) is 2.69. The molecule has 2 nitrogen and oxygen atoms in total. The number of nitrogens with one attached hydrogen (secondary N) is 1. The summed E-state index contributed by atoms with van der Waals surface area (Å²) in [5, 5.41) is 3.60. The smallest absolute Gasteiger partial charge is 0.224 e. The van der Waals surface area contributed by atoms with Crippen molar-refractivity contribution in [2.45, 2.75) is 18.7 Å². The monoisotopic (exact) mass is 241 g/mol. The second-order valence-corrected chi connectivity index (χ2v) is 3.25. The molecule has 0 fully saturated rings. The third-order valence-corrected chi connectivity index (χ3v) is 2.36. The molecule has 1 aromatic rings. The lowest BCUT2D eigenvalue weighted by Gasteiger charge is -2.07. The predicted octanol–water partition coefficient (Wildman–Crippen LogP) is 2.93. The van der Waals surface area contributed by atoms with Crippen molar-refractivity contribution in [1.82, 2.24) is 0 Å². The highest BCUT2D eigenvalue weighted by Crippen LogP contribution is 2.17. The Kier molecular flexibility index (Phi) is 3.96. The van der Waals surface area contributed by atoms with Gasteiger partial charge < -0.3 is 5.32 Å². The number of para-hydroxylation sites is 1. The molecule has 0 radical (unpaired) electrons. The fourth-order valence-corrected chi connectivity index (χ4v) is 1.49.